The Morgan fingerprint density at radius 1 is 1.16 bits per heavy atom. The Balaban J connectivity index is 2.68. The van der Waals surface area contributed by atoms with E-state index in [1.807, 2.05) is 25.1 Å². The Bertz CT molecular complexity index is 344. The zero-order valence-corrected chi connectivity index (χ0v) is 13.3. The summed E-state index contributed by atoms with van der Waals surface area (Å²) in [6.45, 7) is 5.03. The molecule has 0 spiro atoms. The van der Waals surface area contributed by atoms with Crippen molar-refractivity contribution in [2.45, 2.75) is 32.5 Å². The van der Waals surface area contributed by atoms with Gasteiger partial charge in [-0.2, -0.15) is 0 Å². The summed E-state index contributed by atoms with van der Waals surface area (Å²) in [4.78, 5) is 0. The van der Waals surface area contributed by atoms with Crippen molar-refractivity contribution in [3.05, 3.63) is 35.9 Å². The zero-order chi connectivity index (χ0) is 14.1. The average molecular weight is 283 g/mol. The maximum atomic E-state index is 6.03. The minimum atomic E-state index is -2.66. The van der Waals surface area contributed by atoms with Gasteiger partial charge in [-0.3, -0.25) is 5.32 Å². The average Bonchev–Trinajstić information content (AvgIpc) is 2.45. The summed E-state index contributed by atoms with van der Waals surface area (Å²) < 4.78 is 17.2. The second kappa shape index (κ2) is 8.45. The van der Waals surface area contributed by atoms with Gasteiger partial charge >= 0.3 is 8.80 Å². The van der Waals surface area contributed by atoms with Crippen LogP contribution in [0.5, 0.6) is 0 Å². The van der Waals surface area contributed by atoms with E-state index in [-0.39, 0.29) is 6.23 Å². The van der Waals surface area contributed by atoms with Crippen molar-refractivity contribution in [2.24, 2.45) is 0 Å². The van der Waals surface area contributed by atoms with Crippen LogP contribution in [0.15, 0.2) is 30.3 Å². The van der Waals surface area contributed by atoms with E-state index >= 15 is 0 Å². The highest BCUT2D eigenvalue weighted by atomic mass is 28.4. The molecule has 5 heteroatoms. The van der Waals surface area contributed by atoms with Gasteiger partial charge in [0.1, 0.15) is 0 Å². The Morgan fingerprint density at radius 3 is 2.32 bits per heavy atom. The van der Waals surface area contributed by atoms with E-state index in [4.69, 9.17) is 13.3 Å². The lowest BCUT2D eigenvalue weighted by molar-refractivity contribution is 0.0473. The molecule has 19 heavy (non-hydrogen) atoms. The second-order valence-electron chi connectivity index (χ2n) is 4.47. The predicted octanol–water partition coefficient (Wildman–Crippen LogP) is 2.36. The van der Waals surface area contributed by atoms with Gasteiger partial charge in [0, 0.05) is 20.3 Å². The Kier molecular flexibility index (Phi) is 7.26. The molecule has 0 fully saturated rings. The molecule has 0 amide bonds. The summed E-state index contributed by atoms with van der Waals surface area (Å²) in [5.74, 6) is 0. The van der Waals surface area contributed by atoms with Crippen LogP contribution in [0.25, 0.3) is 0 Å². The largest absolute Gasteiger partial charge is 0.506 e. The molecule has 0 saturated carbocycles. The van der Waals surface area contributed by atoms with Gasteiger partial charge in [0.05, 0.1) is 6.23 Å². The second-order valence-corrected chi connectivity index (χ2v) is 7.24. The van der Waals surface area contributed by atoms with Crippen molar-refractivity contribution < 1.29 is 13.3 Å². The number of nitrogens with one attached hydrogen (secondary N) is 1. The third-order valence-electron chi connectivity index (χ3n) is 2.92. The first kappa shape index (κ1) is 16.3. The molecule has 0 aliphatic heterocycles. The van der Waals surface area contributed by atoms with Crippen molar-refractivity contribution in [3.63, 3.8) is 0 Å². The standard InChI is InChI=1S/C14H25NO3Si/c1-5-11-15-13(2)18-19(16-3,17-4)12-14-9-7-6-8-10-14/h6-10,13,15H,5,11-12H2,1-4H3. The van der Waals surface area contributed by atoms with Gasteiger partial charge in [0.25, 0.3) is 0 Å². The van der Waals surface area contributed by atoms with Crippen molar-refractivity contribution in [3.8, 4) is 0 Å². The maximum absolute atomic E-state index is 6.03. The number of hydrogen-bond donors (Lipinski definition) is 1. The molecule has 0 aliphatic carbocycles. The van der Waals surface area contributed by atoms with Gasteiger partial charge in [-0.15, -0.1) is 0 Å². The SMILES string of the molecule is CCCNC(C)O[Si](Cc1ccccc1)(OC)OC. The number of benzene rings is 1. The van der Waals surface area contributed by atoms with E-state index in [1.165, 1.54) is 5.56 Å². The topological polar surface area (TPSA) is 39.7 Å². The molecule has 0 aliphatic rings. The van der Waals surface area contributed by atoms with Gasteiger partial charge < -0.3 is 13.3 Å². The monoisotopic (exact) mass is 283 g/mol. The summed E-state index contributed by atoms with van der Waals surface area (Å²) in [5, 5.41) is 3.29. The van der Waals surface area contributed by atoms with Crippen LogP contribution in [0.3, 0.4) is 0 Å². The quantitative estimate of drug-likeness (QED) is 0.558. The fraction of sp³-hybridized carbons (Fsp3) is 0.571. The van der Waals surface area contributed by atoms with Crippen LogP contribution in [0.2, 0.25) is 0 Å². The molecular weight excluding hydrogens is 258 g/mol. The highest BCUT2D eigenvalue weighted by Gasteiger charge is 2.40. The summed E-state index contributed by atoms with van der Waals surface area (Å²) in [7, 11) is 0.656. The molecule has 1 aromatic carbocycles. The Labute approximate surface area is 117 Å². The van der Waals surface area contributed by atoms with Crippen molar-refractivity contribution in [2.75, 3.05) is 20.8 Å². The van der Waals surface area contributed by atoms with Crippen LogP contribution in [-0.2, 0) is 19.3 Å². The van der Waals surface area contributed by atoms with Gasteiger partial charge in [-0.05, 0) is 25.5 Å². The summed E-state index contributed by atoms with van der Waals surface area (Å²) in [5.41, 5.74) is 1.17. The van der Waals surface area contributed by atoms with Crippen LogP contribution in [0.4, 0.5) is 0 Å². The van der Waals surface area contributed by atoms with Crippen LogP contribution in [0, 0.1) is 0 Å². The molecule has 1 aromatic rings. The molecular formula is C14H25NO3Si. The molecule has 0 radical (unpaired) electrons. The molecule has 1 rings (SSSR count). The molecule has 4 nitrogen and oxygen atoms in total. The number of rotatable bonds is 9. The molecule has 0 heterocycles. The molecule has 0 aromatic heterocycles. The molecule has 108 valence electrons. The molecule has 1 atom stereocenters. The minimum Gasteiger partial charge on any atom is -0.377 e. The lowest BCUT2D eigenvalue weighted by atomic mass is 10.2. The highest BCUT2D eigenvalue weighted by molar-refractivity contribution is 6.60. The first-order chi connectivity index (χ1) is 9.15. The van der Waals surface area contributed by atoms with E-state index in [0.717, 1.165) is 13.0 Å². The number of hydrogen-bond acceptors (Lipinski definition) is 4. The maximum Gasteiger partial charge on any atom is 0.506 e. The molecule has 1 N–H and O–H groups in total. The fourth-order valence-corrected chi connectivity index (χ4v) is 3.96. The smallest absolute Gasteiger partial charge is 0.377 e. The van der Waals surface area contributed by atoms with E-state index in [2.05, 4.69) is 24.4 Å². The third-order valence-corrected chi connectivity index (χ3v) is 5.72. The van der Waals surface area contributed by atoms with E-state index < -0.39 is 8.80 Å². The van der Waals surface area contributed by atoms with Crippen LogP contribution in [-0.4, -0.2) is 35.8 Å². The molecule has 0 saturated heterocycles. The van der Waals surface area contributed by atoms with Crippen molar-refractivity contribution in [1.82, 2.24) is 5.32 Å². The molecule has 1 unspecified atom stereocenters. The highest BCUT2D eigenvalue weighted by Crippen LogP contribution is 2.16. The Morgan fingerprint density at radius 2 is 1.79 bits per heavy atom. The summed E-state index contributed by atoms with van der Waals surface area (Å²) in [6, 6.07) is 10.8. The lowest BCUT2D eigenvalue weighted by Crippen LogP contribution is -2.51. The lowest BCUT2D eigenvalue weighted by Gasteiger charge is -2.30. The van der Waals surface area contributed by atoms with Gasteiger partial charge in [0.15, 0.2) is 0 Å². The third kappa shape index (κ3) is 5.42. The molecule has 0 bridgehead atoms. The van der Waals surface area contributed by atoms with Crippen molar-refractivity contribution >= 4 is 8.80 Å². The Hall–Kier alpha value is -0.723. The predicted molar refractivity (Wildman–Crippen MR) is 78.8 cm³/mol. The zero-order valence-electron chi connectivity index (χ0n) is 12.3. The summed E-state index contributed by atoms with van der Waals surface area (Å²) in [6.07, 6.45) is 0.996. The van der Waals surface area contributed by atoms with Crippen LogP contribution in [0.1, 0.15) is 25.8 Å². The van der Waals surface area contributed by atoms with Gasteiger partial charge in [-0.1, -0.05) is 37.3 Å². The summed E-state index contributed by atoms with van der Waals surface area (Å²) >= 11 is 0. The van der Waals surface area contributed by atoms with Crippen LogP contribution < -0.4 is 5.32 Å². The normalized spacial score (nSPS) is 13.5. The first-order valence-corrected chi connectivity index (χ1v) is 8.64. The van der Waals surface area contributed by atoms with E-state index in [1.54, 1.807) is 14.2 Å². The van der Waals surface area contributed by atoms with Crippen LogP contribution >= 0.6 is 0 Å². The van der Waals surface area contributed by atoms with E-state index in [9.17, 15) is 0 Å². The van der Waals surface area contributed by atoms with E-state index in [0.29, 0.717) is 6.04 Å². The van der Waals surface area contributed by atoms with Crippen molar-refractivity contribution in [1.29, 1.82) is 0 Å². The first-order valence-electron chi connectivity index (χ1n) is 6.71. The van der Waals surface area contributed by atoms with Gasteiger partial charge in [0.2, 0.25) is 0 Å². The van der Waals surface area contributed by atoms with Gasteiger partial charge in [-0.25, -0.2) is 0 Å². The fourth-order valence-electron chi connectivity index (χ4n) is 1.87. The minimum absolute atomic E-state index is 0.0739.